The maximum atomic E-state index is 11.0. The van der Waals surface area contributed by atoms with Crippen LogP contribution in [0.4, 0.5) is 0 Å². The molecule has 0 saturated carbocycles. The fourth-order valence-electron chi connectivity index (χ4n) is 1.18. The number of carbonyl (C=O) groups excluding carboxylic acids is 2. The summed E-state index contributed by atoms with van der Waals surface area (Å²) >= 11 is 0. The molecule has 4 nitrogen and oxygen atoms in total. The van der Waals surface area contributed by atoms with Gasteiger partial charge in [0.15, 0.2) is 8.32 Å². The van der Waals surface area contributed by atoms with Gasteiger partial charge in [0.1, 0.15) is 12.4 Å². The van der Waals surface area contributed by atoms with Crippen LogP contribution in [0.3, 0.4) is 0 Å². The van der Waals surface area contributed by atoms with E-state index in [1.807, 2.05) is 0 Å². The van der Waals surface area contributed by atoms with Crippen LogP contribution in [-0.4, -0.2) is 33.3 Å². The largest absolute Gasteiger partial charge is 0.460 e. The normalized spacial score (nSPS) is 14.1. The molecule has 0 aliphatic heterocycles. The van der Waals surface area contributed by atoms with Crippen LogP contribution in [0, 0.1) is 0 Å². The molecule has 0 rings (SSSR count). The van der Waals surface area contributed by atoms with Gasteiger partial charge >= 0.3 is 5.97 Å². The Bertz CT molecular complexity index is 281. The molecule has 0 amide bonds. The molecular formula is C13H26O4Si. The van der Waals surface area contributed by atoms with E-state index in [1.165, 1.54) is 6.92 Å². The molecule has 0 aromatic rings. The predicted octanol–water partition coefficient (Wildman–Crippen LogP) is 2.92. The van der Waals surface area contributed by atoms with Crippen LogP contribution in [0.15, 0.2) is 0 Å². The smallest absolute Gasteiger partial charge is 0.302 e. The summed E-state index contributed by atoms with van der Waals surface area (Å²) in [5.41, 5.74) is 0. The number of carbonyl (C=O) groups is 2. The highest BCUT2D eigenvalue weighted by Gasteiger charge is 2.37. The van der Waals surface area contributed by atoms with Crippen LogP contribution >= 0.6 is 0 Å². The highest BCUT2D eigenvalue weighted by atomic mass is 28.4. The molecule has 0 aliphatic rings. The number of aldehydes is 1. The summed E-state index contributed by atoms with van der Waals surface area (Å²) in [5.74, 6) is -0.329. The van der Waals surface area contributed by atoms with Crippen molar-refractivity contribution in [2.24, 2.45) is 0 Å². The minimum absolute atomic E-state index is 0.123. The molecule has 5 heteroatoms. The maximum absolute atomic E-state index is 11.0. The number of esters is 1. The molecule has 0 aliphatic carbocycles. The van der Waals surface area contributed by atoms with Crippen molar-refractivity contribution in [3.8, 4) is 0 Å². The van der Waals surface area contributed by atoms with Crippen LogP contribution in [0.1, 0.15) is 40.5 Å². The lowest BCUT2D eigenvalue weighted by Gasteiger charge is -2.37. The Morgan fingerprint density at radius 2 is 1.89 bits per heavy atom. The molecule has 0 aromatic carbocycles. The second-order valence-corrected chi connectivity index (χ2v) is 10.9. The molecule has 0 saturated heterocycles. The van der Waals surface area contributed by atoms with Gasteiger partial charge in [0, 0.05) is 13.3 Å². The molecule has 0 N–H and O–H groups in total. The van der Waals surface area contributed by atoms with E-state index in [1.54, 1.807) is 0 Å². The second kappa shape index (κ2) is 7.04. The topological polar surface area (TPSA) is 52.6 Å². The van der Waals surface area contributed by atoms with Gasteiger partial charge in [-0.3, -0.25) is 4.79 Å². The zero-order valence-corrected chi connectivity index (χ0v) is 13.4. The molecule has 0 unspecified atom stereocenters. The van der Waals surface area contributed by atoms with Crippen LogP contribution in [0.2, 0.25) is 18.1 Å². The van der Waals surface area contributed by atoms with Crippen molar-refractivity contribution >= 4 is 20.6 Å². The van der Waals surface area contributed by atoms with Crippen LogP contribution in [-0.2, 0) is 18.8 Å². The van der Waals surface area contributed by atoms with E-state index in [4.69, 9.17) is 9.16 Å². The summed E-state index contributed by atoms with van der Waals surface area (Å²) in [7, 11) is -1.84. The average Bonchev–Trinajstić information content (AvgIpc) is 2.20. The first kappa shape index (κ1) is 17.3. The first-order valence-electron chi connectivity index (χ1n) is 6.35. The lowest BCUT2D eigenvalue weighted by Crippen LogP contribution is -2.43. The van der Waals surface area contributed by atoms with E-state index < -0.39 is 8.32 Å². The third-order valence-corrected chi connectivity index (χ3v) is 7.88. The van der Waals surface area contributed by atoms with Crippen molar-refractivity contribution in [3.63, 3.8) is 0 Å². The first-order valence-corrected chi connectivity index (χ1v) is 9.26. The van der Waals surface area contributed by atoms with Crippen molar-refractivity contribution in [2.75, 3.05) is 6.61 Å². The van der Waals surface area contributed by atoms with Crippen LogP contribution in [0.25, 0.3) is 0 Å². The average molecular weight is 274 g/mol. The van der Waals surface area contributed by atoms with Gasteiger partial charge in [-0.1, -0.05) is 20.8 Å². The third-order valence-electron chi connectivity index (χ3n) is 3.38. The summed E-state index contributed by atoms with van der Waals surface area (Å²) in [6.45, 7) is 12.5. The van der Waals surface area contributed by atoms with Gasteiger partial charge in [-0.25, -0.2) is 0 Å². The minimum atomic E-state index is -1.84. The zero-order valence-electron chi connectivity index (χ0n) is 12.4. The summed E-state index contributed by atoms with van der Waals surface area (Å²) in [6.07, 6.45) is 1.43. The molecule has 0 aromatic heterocycles. The fraction of sp³-hybridized carbons (Fsp3) is 0.846. The predicted molar refractivity (Wildman–Crippen MR) is 74.0 cm³/mol. The number of hydrogen-bond donors (Lipinski definition) is 0. The summed E-state index contributed by atoms with van der Waals surface area (Å²) in [4.78, 5) is 21.4. The molecule has 106 valence electrons. The van der Waals surface area contributed by atoms with Gasteiger partial charge in [0.05, 0.1) is 6.61 Å². The summed E-state index contributed by atoms with van der Waals surface area (Å²) < 4.78 is 11.2. The van der Waals surface area contributed by atoms with Gasteiger partial charge in [0.25, 0.3) is 0 Å². The zero-order chi connectivity index (χ0) is 14.4. The quantitative estimate of drug-likeness (QED) is 0.407. The van der Waals surface area contributed by atoms with E-state index in [0.29, 0.717) is 19.4 Å². The highest BCUT2D eigenvalue weighted by molar-refractivity contribution is 6.74. The van der Waals surface area contributed by atoms with Crippen molar-refractivity contribution in [2.45, 2.75) is 64.8 Å². The van der Waals surface area contributed by atoms with Gasteiger partial charge in [-0.15, -0.1) is 0 Å². The van der Waals surface area contributed by atoms with Crippen molar-refractivity contribution < 1.29 is 18.8 Å². The molecule has 18 heavy (non-hydrogen) atoms. The standard InChI is InChI=1S/C13H26O4Si/c1-11(15)17-12(8-7-9-14)10-16-18(5,6)13(2,3)4/h9,12H,7-8,10H2,1-6H3/t12-/m0/s1. The molecule has 0 fully saturated rings. The van der Waals surface area contributed by atoms with Gasteiger partial charge in [0.2, 0.25) is 0 Å². The van der Waals surface area contributed by atoms with E-state index in [0.717, 1.165) is 6.29 Å². The van der Waals surface area contributed by atoms with Crippen LogP contribution < -0.4 is 0 Å². The van der Waals surface area contributed by atoms with Crippen molar-refractivity contribution in [1.29, 1.82) is 0 Å². The highest BCUT2D eigenvalue weighted by Crippen LogP contribution is 2.36. The number of hydrogen-bond acceptors (Lipinski definition) is 4. The van der Waals surface area contributed by atoms with Crippen molar-refractivity contribution in [3.05, 3.63) is 0 Å². The lowest BCUT2D eigenvalue weighted by molar-refractivity contribution is -0.148. The van der Waals surface area contributed by atoms with E-state index >= 15 is 0 Å². The van der Waals surface area contributed by atoms with Gasteiger partial charge in [-0.05, 0) is 24.6 Å². The lowest BCUT2D eigenvalue weighted by atomic mass is 10.2. The van der Waals surface area contributed by atoms with E-state index in [-0.39, 0.29) is 17.1 Å². The second-order valence-electron chi connectivity index (χ2n) is 6.05. The summed E-state index contributed by atoms with van der Waals surface area (Å²) in [6, 6.07) is 0. The SMILES string of the molecule is CC(=O)O[C@@H](CCC=O)CO[Si](C)(C)C(C)(C)C. The Morgan fingerprint density at radius 3 is 2.28 bits per heavy atom. The maximum Gasteiger partial charge on any atom is 0.302 e. The Morgan fingerprint density at radius 1 is 1.33 bits per heavy atom. The Balaban J connectivity index is 4.41. The molecular weight excluding hydrogens is 248 g/mol. The molecule has 0 spiro atoms. The number of rotatable bonds is 7. The minimum Gasteiger partial charge on any atom is -0.460 e. The van der Waals surface area contributed by atoms with E-state index in [9.17, 15) is 9.59 Å². The van der Waals surface area contributed by atoms with Gasteiger partial charge in [-0.2, -0.15) is 0 Å². The van der Waals surface area contributed by atoms with Gasteiger partial charge < -0.3 is 14.0 Å². The monoisotopic (exact) mass is 274 g/mol. The fourth-order valence-corrected chi connectivity index (χ4v) is 2.22. The van der Waals surface area contributed by atoms with Crippen LogP contribution in [0.5, 0.6) is 0 Å². The van der Waals surface area contributed by atoms with Crippen molar-refractivity contribution in [1.82, 2.24) is 0 Å². The Hall–Kier alpha value is -0.683. The summed E-state index contributed by atoms with van der Waals surface area (Å²) in [5, 5.41) is 0.123. The number of ether oxygens (including phenoxy) is 1. The molecule has 0 radical (unpaired) electrons. The first-order chi connectivity index (χ1) is 8.10. The van der Waals surface area contributed by atoms with E-state index in [2.05, 4.69) is 33.9 Å². The Labute approximate surface area is 111 Å². The third kappa shape index (κ3) is 6.30. The molecule has 0 heterocycles. The molecule has 1 atom stereocenters. The Kier molecular flexibility index (Phi) is 6.77. The molecule has 0 bridgehead atoms.